The van der Waals surface area contributed by atoms with E-state index in [2.05, 4.69) is 9.97 Å². The maximum Gasteiger partial charge on any atom is 0.169 e. The van der Waals surface area contributed by atoms with Crippen LogP contribution in [0, 0.1) is 13.8 Å². The van der Waals surface area contributed by atoms with Gasteiger partial charge in [-0.3, -0.25) is 9.78 Å². The third kappa shape index (κ3) is 2.33. The average Bonchev–Trinajstić information content (AvgIpc) is 2.64. The number of thiazole rings is 1. The number of pyridine rings is 1. The van der Waals surface area contributed by atoms with E-state index in [1.165, 1.54) is 0 Å². The molecule has 0 aliphatic carbocycles. The lowest BCUT2D eigenvalue weighted by atomic mass is 10.0. The molecule has 4 heteroatoms. The molecule has 3 nitrogen and oxygen atoms in total. The van der Waals surface area contributed by atoms with Crippen molar-refractivity contribution in [3.05, 3.63) is 45.7 Å². The Bertz CT molecular complexity index is 519. The quantitative estimate of drug-likeness (QED) is 0.764. The van der Waals surface area contributed by atoms with Crippen molar-refractivity contribution in [2.24, 2.45) is 0 Å². The van der Waals surface area contributed by atoms with Crippen LogP contribution in [0.25, 0.3) is 0 Å². The van der Waals surface area contributed by atoms with Crippen molar-refractivity contribution in [1.29, 1.82) is 0 Å². The van der Waals surface area contributed by atoms with Crippen LogP contribution in [0.2, 0.25) is 0 Å². The first-order valence-corrected chi connectivity index (χ1v) is 5.89. The summed E-state index contributed by atoms with van der Waals surface area (Å²) in [6.07, 6.45) is 3.72. The average molecular weight is 232 g/mol. The highest BCUT2D eigenvalue weighted by molar-refractivity contribution is 7.09. The molecule has 2 heterocycles. The van der Waals surface area contributed by atoms with Crippen LogP contribution in [0.15, 0.2) is 23.8 Å². The first-order valence-electron chi connectivity index (χ1n) is 5.01. The Balaban J connectivity index is 2.18. The SMILES string of the molecule is Cc1nc(CC(=O)c2ccncc2C)cs1. The Kier molecular flexibility index (Phi) is 3.10. The lowest BCUT2D eigenvalue weighted by Crippen LogP contribution is -2.06. The number of carbonyl (C=O) groups is 1. The maximum atomic E-state index is 12.0. The number of Topliss-reactive ketones (excluding diaryl/α,β-unsaturated/α-hetero) is 1. The van der Waals surface area contributed by atoms with Crippen LogP contribution in [-0.4, -0.2) is 15.8 Å². The summed E-state index contributed by atoms with van der Waals surface area (Å²) in [5.41, 5.74) is 2.50. The number of hydrogen-bond donors (Lipinski definition) is 0. The van der Waals surface area contributed by atoms with E-state index in [1.54, 1.807) is 29.8 Å². The molecule has 0 saturated carbocycles. The zero-order valence-corrected chi connectivity index (χ0v) is 10.0. The summed E-state index contributed by atoms with van der Waals surface area (Å²) in [4.78, 5) is 20.2. The van der Waals surface area contributed by atoms with Crippen molar-refractivity contribution >= 4 is 17.1 Å². The zero-order valence-electron chi connectivity index (χ0n) is 9.23. The molecule has 0 radical (unpaired) electrons. The normalized spacial score (nSPS) is 10.4. The monoisotopic (exact) mass is 232 g/mol. The van der Waals surface area contributed by atoms with Crippen molar-refractivity contribution < 1.29 is 4.79 Å². The summed E-state index contributed by atoms with van der Waals surface area (Å²) >= 11 is 1.57. The van der Waals surface area contributed by atoms with Crippen LogP contribution in [0.3, 0.4) is 0 Å². The van der Waals surface area contributed by atoms with Gasteiger partial charge < -0.3 is 0 Å². The van der Waals surface area contributed by atoms with Gasteiger partial charge in [0, 0.05) is 23.3 Å². The van der Waals surface area contributed by atoms with Gasteiger partial charge in [0.1, 0.15) is 0 Å². The predicted molar refractivity (Wildman–Crippen MR) is 63.9 cm³/mol. The van der Waals surface area contributed by atoms with E-state index in [9.17, 15) is 4.79 Å². The Labute approximate surface area is 98.2 Å². The first kappa shape index (κ1) is 11.0. The lowest BCUT2D eigenvalue weighted by molar-refractivity contribution is 0.0991. The molecule has 0 unspecified atom stereocenters. The Morgan fingerprint density at radius 3 is 2.88 bits per heavy atom. The van der Waals surface area contributed by atoms with Crippen LogP contribution in [0.5, 0.6) is 0 Å². The molecular weight excluding hydrogens is 220 g/mol. The van der Waals surface area contributed by atoms with Gasteiger partial charge in [0.25, 0.3) is 0 Å². The minimum Gasteiger partial charge on any atom is -0.294 e. The minimum atomic E-state index is 0.102. The Hall–Kier alpha value is -1.55. The van der Waals surface area contributed by atoms with Gasteiger partial charge in [-0.25, -0.2) is 4.98 Å². The van der Waals surface area contributed by atoms with Crippen LogP contribution in [-0.2, 0) is 6.42 Å². The number of nitrogens with zero attached hydrogens (tertiary/aromatic N) is 2. The second kappa shape index (κ2) is 4.53. The van der Waals surface area contributed by atoms with E-state index in [0.29, 0.717) is 6.42 Å². The third-order valence-corrected chi connectivity index (χ3v) is 3.15. The molecule has 16 heavy (non-hydrogen) atoms. The van der Waals surface area contributed by atoms with Gasteiger partial charge in [-0.15, -0.1) is 11.3 Å². The lowest BCUT2D eigenvalue weighted by Gasteiger charge is -2.01. The van der Waals surface area contributed by atoms with Gasteiger partial charge in [-0.1, -0.05) is 0 Å². The second-order valence-electron chi connectivity index (χ2n) is 3.65. The Morgan fingerprint density at radius 1 is 1.44 bits per heavy atom. The van der Waals surface area contributed by atoms with Gasteiger partial charge in [-0.2, -0.15) is 0 Å². The summed E-state index contributed by atoms with van der Waals surface area (Å²) < 4.78 is 0. The maximum absolute atomic E-state index is 12.0. The van der Waals surface area contributed by atoms with Crippen LogP contribution in [0.1, 0.15) is 26.6 Å². The van der Waals surface area contributed by atoms with Crippen molar-refractivity contribution in [3.8, 4) is 0 Å². The fourth-order valence-electron chi connectivity index (χ4n) is 1.54. The first-order chi connectivity index (χ1) is 7.66. The summed E-state index contributed by atoms with van der Waals surface area (Å²) in [5.74, 6) is 0.102. The standard InChI is InChI=1S/C12H12N2OS/c1-8-6-13-4-3-11(8)12(15)5-10-7-16-9(2)14-10/h3-4,6-7H,5H2,1-2H3. The molecule has 2 rings (SSSR count). The molecule has 0 aliphatic heterocycles. The van der Waals surface area contributed by atoms with E-state index in [-0.39, 0.29) is 5.78 Å². The predicted octanol–water partition coefficient (Wildman–Crippen LogP) is 2.58. The zero-order chi connectivity index (χ0) is 11.5. The van der Waals surface area contributed by atoms with Crippen LogP contribution >= 0.6 is 11.3 Å². The molecular formula is C12H12N2OS. The topological polar surface area (TPSA) is 42.9 Å². The van der Waals surface area contributed by atoms with E-state index < -0.39 is 0 Å². The number of ketones is 1. The van der Waals surface area contributed by atoms with Gasteiger partial charge >= 0.3 is 0 Å². The summed E-state index contributed by atoms with van der Waals surface area (Å²) in [6, 6.07) is 1.76. The van der Waals surface area contributed by atoms with Gasteiger partial charge in [0.05, 0.1) is 17.1 Å². The summed E-state index contributed by atoms with van der Waals surface area (Å²) in [7, 11) is 0. The smallest absolute Gasteiger partial charge is 0.169 e. The van der Waals surface area contributed by atoms with Crippen molar-refractivity contribution in [1.82, 2.24) is 9.97 Å². The molecule has 0 amide bonds. The Morgan fingerprint density at radius 2 is 2.25 bits per heavy atom. The fourth-order valence-corrected chi connectivity index (χ4v) is 2.15. The molecule has 0 spiro atoms. The molecule has 0 atom stereocenters. The van der Waals surface area contributed by atoms with Crippen molar-refractivity contribution in [3.63, 3.8) is 0 Å². The van der Waals surface area contributed by atoms with Crippen LogP contribution < -0.4 is 0 Å². The summed E-state index contributed by atoms with van der Waals surface area (Å²) in [5, 5.41) is 2.93. The highest BCUT2D eigenvalue weighted by Crippen LogP contribution is 2.13. The van der Waals surface area contributed by atoms with Gasteiger partial charge in [0.15, 0.2) is 5.78 Å². The van der Waals surface area contributed by atoms with Gasteiger partial charge in [0.2, 0.25) is 0 Å². The molecule has 2 aromatic rings. The number of rotatable bonds is 3. The van der Waals surface area contributed by atoms with Crippen molar-refractivity contribution in [2.45, 2.75) is 20.3 Å². The summed E-state index contributed by atoms with van der Waals surface area (Å²) in [6.45, 7) is 3.84. The number of aryl methyl sites for hydroxylation is 2. The fraction of sp³-hybridized carbons (Fsp3) is 0.250. The number of hydrogen-bond acceptors (Lipinski definition) is 4. The van der Waals surface area contributed by atoms with Crippen molar-refractivity contribution in [2.75, 3.05) is 0 Å². The third-order valence-electron chi connectivity index (χ3n) is 2.33. The second-order valence-corrected chi connectivity index (χ2v) is 4.71. The molecule has 0 N–H and O–H groups in total. The van der Waals surface area contributed by atoms with Crippen LogP contribution in [0.4, 0.5) is 0 Å². The molecule has 82 valence electrons. The van der Waals surface area contributed by atoms with Gasteiger partial charge in [-0.05, 0) is 25.5 Å². The largest absolute Gasteiger partial charge is 0.294 e. The molecule has 2 aromatic heterocycles. The number of carbonyl (C=O) groups excluding carboxylic acids is 1. The highest BCUT2D eigenvalue weighted by Gasteiger charge is 2.11. The minimum absolute atomic E-state index is 0.102. The van der Waals surface area contributed by atoms with E-state index >= 15 is 0 Å². The highest BCUT2D eigenvalue weighted by atomic mass is 32.1. The van der Waals surface area contributed by atoms with E-state index in [0.717, 1.165) is 21.8 Å². The molecule has 0 aliphatic rings. The van der Waals surface area contributed by atoms with E-state index in [4.69, 9.17) is 0 Å². The molecule has 0 bridgehead atoms. The van der Waals surface area contributed by atoms with E-state index in [1.807, 2.05) is 19.2 Å². The molecule has 0 fully saturated rings. The number of aromatic nitrogens is 2. The molecule has 0 aromatic carbocycles. The molecule has 0 saturated heterocycles.